The lowest BCUT2D eigenvalue weighted by Gasteiger charge is -2.22. The fourth-order valence-electron chi connectivity index (χ4n) is 2.60. The number of hydrogen-bond acceptors (Lipinski definition) is 5. The molecule has 0 aliphatic rings. The fraction of sp³-hybridized carbons (Fsp3) is 0.286. The summed E-state index contributed by atoms with van der Waals surface area (Å²) in [4.78, 5) is 14.6. The second kappa shape index (κ2) is 9.86. The van der Waals surface area contributed by atoms with Crippen molar-refractivity contribution in [3.8, 4) is 17.9 Å². The first kappa shape index (κ1) is 19.0. The van der Waals surface area contributed by atoms with E-state index in [9.17, 15) is 4.79 Å². The van der Waals surface area contributed by atoms with Gasteiger partial charge in [-0.05, 0) is 55.5 Å². The lowest BCUT2D eigenvalue weighted by Crippen LogP contribution is -2.25. The average molecular weight is 347 g/mol. The second-order valence-corrected chi connectivity index (χ2v) is 5.64. The second-order valence-electron chi connectivity index (χ2n) is 5.64. The molecule has 0 N–H and O–H groups in total. The average Bonchev–Trinajstić information content (AvgIpc) is 2.69. The predicted octanol–water partition coefficient (Wildman–Crippen LogP) is 3.95. The highest BCUT2D eigenvalue weighted by atomic mass is 16.5. The Kier molecular flexibility index (Phi) is 7.21. The lowest BCUT2D eigenvalue weighted by molar-refractivity contribution is 0.103. The smallest absolute Gasteiger partial charge is 0.193 e. The number of nitriles is 2. The van der Waals surface area contributed by atoms with Crippen molar-refractivity contribution < 1.29 is 9.53 Å². The summed E-state index contributed by atoms with van der Waals surface area (Å²) in [7, 11) is 0. The maximum atomic E-state index is 12.6. The van der Waals surface area contributed by atoms with Crippen molar-refractivity contribution in [1.29, 1.82) is 10.5 Å². The molecule has 0 radical (unpaired) electrons. The molecule has 0 aliphatic carbocycles. The first-order valence-corrected chi connectivity index (χ1v) is 8.56. The van der Waals surface area contributed by atoms with Crippen molar-refractivity contribution in [2.75, 3.05) is 24.6 Å². The van der Waals surface area contributed by atoms with Crippen LogP contribution in [0.1, 0.15) is 35.7 Å². The van der Waals surface area contributed by atoms with Crippen LogP contribution in [0.25, 0.3) is 0 Å². The van der Waals surface area contributed by atoms with Crippen molar-refractivity contribution in [2.45, 2.75) is 19.8 Å². The predicted molar refractivity (Wildman–Crippen MR) is 100 cm³/mol. The van der Waals surface area contributed by atoms with Gasteiger partial charge < -0.3 is 9.64 Å². The molecule has 2 aromatic rings. The molecule has 2 aromatic carbocycles. The molecule has 5 nitrogen and oxygen atoms in total. The molecule has 26 heavy (non-hydrogen) atoms. The van der Waals surface area contributed by atoms with Crippen LogP contribution < -0.4 is 9.64 Å². The highest BCUT2D eigenvalue weighted by molar-refractivity contribution is 6.09. The summed E-state index contributed by atoms with van der Waals surface area (Å²) in [5, 5.41) is 17.6. The summed E-state index contributed by atoms with van der Waals surface area (Å²) in [5.74, 6) is 0.685. The van der Waals surface area contributed by atoms with Gasteiger partial charge in [0.15, 0.2) is 5.78 Å². The minimum absolute atomic E-state index is 0.0554. The Bertz CT molecular complexity index is 781. The lowest BCUT2D eigenvalue weighted by atomic mass is 10.0. The van der Waals surface area contributed by atoms with Gasteiger partial charge in [0.25, 0.3) is 0 Å². The van der Waals surface area contributed by atoms with E-state index in [4.69, 9.17) is 15.3 Å². The zero-order chi connectivity index (χ0) is 18.8. The minimum atomic E-state index is -0.0554. The zero-order valence-corrected chi connectivity index (χ0v) is 14.8. The van der Waals surface area contributed by atoms with E-state index in [0.717, 1.165) is 11.4 Å². The molecular weight excluding hydrogens is 326 g/mol. The van der Waals surface area contributed by atoms with Crippen molar-refractivity contribution >= 4 is 11.5 Å². The summed E-state index contributed by atoms with van der Waals surface area (Å²) in [6, 6.07) is 18.6. The Morgan fingerprint density at radius 2 is 1.42 bits per heavy atom. The summed E-state index contributed by atoms with van der Waals surface area (Å²) in [6.45, 7) is 3.62. The largest absolute Gasteiger partial charge is 0.494 e. The van der Waals surface area contributed by atoms with Crippen LogP contribution in [0.5, 0.6) is 5.75 Å². The molecule has 0 aromatic heterocycles. The monoisotopic (exact) mass is 347 g/mol. The third-order valence-electron chi connectivity index (χ3n) is 3.91. The molecule has 0 amide bonds. The fourth-order valence-corrected chi connectivity index (χ4v) is 2.60. The van der Waals surface area contributed by atoms with Crippen LogP contribution in [0.4, 0.5) is 5.69 Å². The van der Waals surface area contributed by atoms with Crippen LogP contribution in [-0.2, 0) is 0 Å². The Hall–Kier alpha value is -3.31. The van der Waals surface area contributed by atoms with Gasteiger partial charge in [0.1, 0.15) is 5.75 Å². The minimum Gasteiger partial charge on any atom is -0.494 e. The maximum absolute atomic E-state index is 12.6. The number of carbonyl (C=O) groups excluding carboxylic acids is 1. The van der Waals surface area contributed by atoms with Crippen molar-refractivity contribution in [2.24, 2.45) is 0 Å². The van der Waals surface area contributed by atoms with Crippen molar-refractivity contribution in [3.63, 3.8) is 0 Å². The molecule has 0 spiro atoms. The number of ether oxygens (including phenoxy) is 1. The van der Waals surface area contributed by atoms with Gasteiger partial charge in [0, 0.05) is 29.9 Å². The highest BCUT2D eigenvalue weighted by Crippen LogP contribution is 2.19. The van der Waals surface area contributed by atoms with Crippen LogP contribution in [0, 0.1) is 22.7 Å². The van der Waals surface area contributed by atoms with Gasteiger partial charge in [-0.15, -0.1) is 0 Å². The van der Waals surface area contributed by atoms with E-state index in [-0.39, 0.29) is 5.78 Å². The van der Waals surface area contributed by atoms with Gasteiger partial charge in [0.05, 0.1) is 31.6 Å². The number of nitrogens with zero attached hydrogens (tertiary/aromatic N) is 3. The maximum Gasteiger partial charge on any atom is 0.193 e. The molecule has 0 bridgehead atoms. The van der Waals surface area contributed by atoms with Crippen molar-refractivity contribution in [3.05, 3.63) is 59.7 Å². The molecule has 0 saturated carbocycles. The Morgan fingerprint density at radius 3 is 1.88 bits per heavy atom. The molecule has 132 valence electrons. The van der Waals surface area contributed by atoms with Gasteiger partial charge in [-0.25, -0.2) is 0 Å². The Balaban J connectivity index is 2.12. The number of carbonyl (C=O) groups is 1. The standard InChI is InChI=1S/C21H21N3O2/c1-2-26-20-11-7-18(8-12-20)21(25)17-5-9-19(10-6-17)24(15-3-13-22)16-4-14-23/h5-12H,2-4,15-16H2,1H3. The van der Waals surface area contributed by atoms with Gasteiger partial charge in [-0.3, -0.25) is 4.79 Å². The molecule has 0 aliphatic heterocycles. The normalized spacial score (nSPS) is 9.81. The summed E-state index contributed by atoms with van der Waals surface area (Å²) < 4.78 is 5.39. The van der Waals surface area contributed by atoms with Crippen LogP contribution in [0.15, 0.2) is 48.5 Å². The summed E-state index contributed by atoms with van der Waals surface area (Å²) >= 11 is 0. The van der Waals surface area contributed by atoms with Crippen LogP contribution in [0.3, 0.4) is 0 Å². The number of rotatable bonds is 9. The SMILES string of the molecule is CCOc1ccc(C(=O)c2ccc(N(CCC#N)CCC#N)cc2)cc1. The molecule has 0 heterocycles. The van der Waals surface area contributed by atoms with Gasteiger partial charge in [-0.1, -0.05) is 0 Å². The number of hydrogen-bond donors (Lipinski definition) is 0. The molecule has 2 rings (SSSR count). The topological polar surface area (TPSA) is 77.1 Å². The first-order chi connectivity index (χ1) is 12.7. The van der Waals surface area contributed by atoms with E-state index in [1.165, 1.54) is 0 Å². The number of benzene rings is 2. The summed E-state index contributed by atoms with van der Waals surface area (Å²) in [5.41, 5.74) is 2.10. The third kappa shape index (κ3) is 5.09. The third-order valence-corrected chi connectivity index (χ3v) is 3.91. The quantitative estimate of drug-likeness (QED) is 0.642. The summed E-state index contributed by atoms with van der Waals surface area (Å²) in [6.07, 6.45) is 0.774. The van der Waals surface area contributed by atoms with E-state index in [2.05, 4.69) is 12.1 Å². The number of ketones is 1. The van der Waals surface area contributed by atoms with Crippen LogP contribution in [-0.4, -0.2) is 25.5 Å². The van der Waals surface area contributed by atoms with Gasteiger partial charge in [0.2, 0.25) is 0 Å². The zero-order valence-electron chi connectivity index (χ0n) is 14.8. The molecular formula is C21H21N3O2. The first-order valence-electron chi connectivity index (χ1n) is 8.56. The molecule has 5 heteroatoms. The molecule has 0 atom stereocenters. The Labute approximate surface area is 154 Å². The Morgan fingerprint density at radius 1 is 0.923 bits per heavy atom. The highest BCUT2D eigenvalue weighted by Gasteiger charge is 2.11. The van der Waals surface area contributed by atoms with E-state index in [1.807, 2.05) is 24.0 Å². The van der Waals surface area contributed by atoms with Crippen LogP contribution >= 0.6 is 0 Å². The van der Waals surface area contributed by atoms with E-state index < -0.39 is 0 Å². The van der Waals surface area contributed by atoms with Crippen LogP contribution in [0.2, 0.25) is 0 Å². The number of anilines is 1. The molecule has 0 unspecified atom stereocenters. The molecule has 0 saturated heterocycles. The molecule has 0 fully saturated rings. The van der Waals surface area contributed by atoms with E-state index in [0.29, 0.717) is 43.7 Å². The van der Waals surface area contributed by atoms with E-state index >= 15 is 0 Å². The van der Waals surface area contributed by atoms with Crippen molar-refractivity contribution in [1.82, 2.24) is 0 Å². The van der Waals surface area contributed by atoms with Gasteiger partial charge >= 0.3 is 0 Å². The van der Waals surface area contributed by atoms with Gasteiger partial charge in [-0.2, -0.15) is 10.5 Å². The van der Waals surface area contributed by atoms with E-state index in [1.54, 1.807) is 36.4 Å².